The fraction of sp³-hybridized carbons (Fsp3) is 0. The number of amides is 2. The molecule has 8 heteroatoms. The first-order chi connectivity index (χ1) is 16.0. The zero-order valence-corrected chi connectivity index (χ0v) is 17.1. The van der Waals surface area contributed by atoms with E-state index in [4.69, 9.17) is 0 Å². The van der Waals surface area contributed by atoms with Crippen LogP contribution in [0.25, 0.3) is 17.3 Å². The van der Waals surface area contributed by atoms with Crippen molar-refractivity contribution in [2.24, 2.45) is 0 Å². The van der Waals surface area contributed by atoms with Gasteiger partial charge < -0.3 is 15.6 Å². The number of fused-ring (bicyclic) bond motifs is 1. The van der Waals surface area contributed by atoms with Gasteiger partial charge in [-0.05, 0) is 72.8 Å². The van der Waals surface area contributed by atoms with Crippen molar-refractivity contribution in [3.8, 4) is 5.69 Å². The van der Waals surface area contributed by atoms with Gasteiger partial charge in [0.15, 0.2) is 0 Å². The normalized spacial score (nSPS) is 13.6. The van der Waals surface area contributed by atoms with Crippen molar-refractivity contribution >= 4 is 34.8 Å². The summed E-state index contributed by atoms with van der Waals surface area (Å²) in [5.41, 5.74) is 2.78. The maximum absolute atomic E-state index is 13.2. The maximum atomic E-state index is 13.2. The summed E-state index contributed by atoms with van der Waals surface area (Å²) in [5, 5.41) is 5.52. The zero-order valence-electron chi connectivity index (χ0n) is 17.1. The number of carbonyl (C=O) groups excluding carboxylic acids is 2. The molecule has 162 valence electrons. The molecule has 1 aliphatic heterocycles. The number of rotatable bonds is 4. The minimum Gasteiger partial charge on any atom is -0.362 e. The van der Waals surface area contributed by atoms with Crippen LogP contribution in [0.5, 0.6) is 0 Å². The molecule has 0 atom stereocenters. The molecule has 0 fully saturated rings. The summed E-state index contributed by atoms with van der Waals surface area (Å²) in [6.45, 7) is 0. The van der Waals surface area contributed by atoms with E-state index in [1.165, 1.54) is 41.1 Å². The third-order valence-corrected chi connectivity index (χ3v) is 5.28. The predicted octanol–water partition coefficient (Wildman–Crippen LogP) is 4.05. The zero-order chi connectivity index (χ0) is 22.9. The largest absolute Gasteiger partial charge is 0.362 e. The van der Waals surface area contributed by atoms with Crippen LogP contribution in [0, 0.1) is 5.82 Å². The molecule has 7 nitrogen and oxygen atoms in total. The second kappa shape index (κ2) is 8.08. The predicted molar refractivity (Wildman–Crippen MR) is 124 cm³/mol. The Morgan fingerprint density at radius 2 is 1.82 bits per heavy atom. The third-order valence-electron chi connectivity index (χ3n) is 5.28. The molecule has 2 aromatic carbocycles. The number of benzene rings is 2. The van der Waals surface area contributed by atoms with E-state index in [1.54, 1.807) is 36.5 Å². The van der Waals surface area contributed by atoms with E-state index in [2.05, 4.69) is 15.6 Å². The van der Waals surface area contributed by atoms with Crippen molar-refractivity contribution in [3.05, 3.63) is 112 Å². The van der Waals surface area contributed by atoms with Crippen LogP contribution in [0.1, 0.15) is 21.6 Å². The Kier molecular flexibility index (Phi) is 4.95. The van der Waals surface area contributed by atoms with Gasteiger partial charge in [0, 0.05) is 40.7 Å². The van der Waals surface area contributed by atoms with Crippen LogP contribution < -0.4 is 16.2 Å². The SMILES string of the molecule is O=C1Nc2ccc(NC(=O)c3cccn(-c4ccc(F)cc4)c3=O)cc2/C1=C/c1ccc[nH]1. The number of carbonyl (C=O) groups is 2. The van der Waals surface area contributed by atoms with Gasteiger partial charge in [0.25, 0.3) is 17.4 Å². The average molecular weight is 440 g/mol. The van der Waals surface area contributed by atoms with Gasteiger partial charge in [-0.1, -0.05) is 0 Å². The number of H-pyrrole nitrogens is 1. The van der Waals surface area contributed by atoms with Crippen LogP contribution in [-0.4, -0.2) is 21.4 Å². The number of nitrogens with zero attached hydrogens (tertiary/aromatic N) is 1. The molecule has 33 heavy (non-hydrogen) atoms. The summed E-state index contributed by atoms with van der Waals surface area (Å²) in [7, 11) is 0. The molecule has 0 radical (unpaired) electrons. The van der Waals surface area contributed by atoms with E-state index in [-0.39, 0.29) is 11.5 Å². The standard InChI is InChI=1S/C25H17FN4O3/c26-15-5-8-18(9-6-15)30-12-2-4-19(25(30)33)23(31)28-17-7-10-22-20(14-17)21(24(32)29-22)13-16-3-1-11-27-16/h1-14,27H,(H,28,31)(H,29,32)/b21-13-. The summed E-state index contributed by atoms with van der Waals surface area (Å²) in [6.07, 6.45) is 5.00. The summed E-state index contributed by atoms with van der Waals surface area (Å²) < 4.78 is 14.5. The molecule has 5 rings (SSSR count). The number of pyridine rings is 1. The second-order valence-corrected chi connectivity index (χ2v) is 7.43. The Hall–Kier alpha value is -4.72. The molecule has 4 aromatic rings. The molecule has 0 aliphatic carbocycles. The highest BCUT2D eigenvalue weighted by Gasteiger charge is 2.25. The number of aromatic nitrogens is 2. The Balaban J connectivity index is 1.44. The monoisotopic (exact) mass is 440 g/mol. The van der Waals surface area contributed by atoms with Crippen molar-refractivity contribution < 1.29 is 14.0 Å². The van der Waals surface area contributed by atoms with Crippen LogP contribution in [0.15, 0.2) is 83.9 Å². The number of aromatic amines is 1. The van der Waals surface area contributed by atoms with E-state index in [0.29, 0.717) is 28.2 Å². The van der Waals surface area contributed by atoms with E-state index >= 15 is 0 Å². The lowest BCUT2D eigenvalue weighted by Crippen LogP contribution is -2.27. The average Bonchev–Trinajstić information content (AvgIpc) is 3.43. The Morgan fingerprint density at radius 1 is 1.00 bits per heavy atom. The van der Waals surface area contributed by atoms with Gasteiger partial charge in [0.1, 0.15) is 11.4 Å². The molecule has 0 unspecified atom stereocenters. The highest BCUT2D eigenvalue weighted by molar-refractivity contribution is 6.35. The van der Waals surface area contributed by atoms with E-state index < -0.39 is 17.3 Å². The topological polar surface area (TPSA) is 96.0 Å². The number of nitrogens with one attached hydrogen (secondary N) is 3. The van der Waals surface area contributed by atoms with Gasteiger partial charge in [-0.2, -0.15) is 0 Å². The first-order valence-electron chi connectivity index (χ1n) is 10.1. The van der Waals surface area contributed by atoms with Crippen molar-refractivity contribution in [3.63, 3.8) is 0 Å². The molecule has 0 spiro atoms. The van der Waals surface area contributed by atoms with Gasteiger partial charge in [-0.15, -0.1) is 0 Å². The minimum absolute atomic E-state index is 0.0707. The first kappa shape index (κ1) is 20.2. The maximum Gasteiger partial charge on any atom is 0.267 e. The molecule has 0 saturated carbocycles. The molecule has 2 aromatic heterocycles. The lowest BCUT2D eigenvalue weighted by Gasteiger charge is -2.10. The molecular formula is C25H17FN4O3. The summed E-state index contributed by atoms with van der Waals surface area (Å²) in [6, 6.07) is 17.1. The molecule has 2 amide bonds. The highest BCUT2D eigenvalue weighted by Crippen LogP contribution is 2.35. The van der Waals surface area contributed by atoms with Gasteiger partial charge in [-0.3, -0.25) is 19.0 Å². The van der Waals surface area contributed by atoms with Crippen LogP contribution >= 0.6 is 0 Å². The number of anilines is 2. The Bertz CT molecular complexity index is 1470. The van der Waals surface area contributed by atoms with E-state index in [0.717, 1.165) is 5.69 Å². The summed E-state index contributed by atoms with van der Waals surface area (Å²) >= 11 is 0. The van der Waals surface area contributed by atoms with E-state index in [1.807, 2.05) is 12.1 Å². The van der Waals surface area contributed by atoms with Gasteiger partial charge in [0.2, 0.25) is 0 Å². The molecule has 3 heterocycles. The molecular weight excluding hydrogens is 423 g/mol. The highest BCUT2D eigenvalue weighted by atomic mass is 19.1. The lowest BCUT2D eigenvalue weighted by molar-refractivity contribution is -0.110. The van der Waals surface area contributed by atoms with Gasteiger partial charge >= 0.3 is 0 Å². The van der Waals surface area contributed by atoms with Gasteiger partial charge in [0.05, 0.1) is 5.57 Å². The number of hydrogen-bond donors (Lipinski definition) is 3. The van der Waals surface area contributed by atoms with Crippen molar-refractivity contribution in [2.75, 3.05) is 10.6 Å². The van der Waals surface area contributed by atoms with Gasteiger partial charge in [-0.25, -0.2) is 4.39 Å². The van der Waals surface area contributed by atoms with Crippen molar-refractivity contribution in [1.82, 2.24) is 9.55 Å². The Morgan fingerprint density at radius 3 is 2.58 bits per heavy atom. The third kappa shape index (κ3) is 3.85. The summed E-state index contributed by atoms with van der Waals surface area (Å²) in [5.74, 6) is -1.26. The second-order valence-electron chi connectivity index (χ2n) is 7.43. The number of halogens is 1. The first-order valence-corrected chi connectivity index (χ1v) is 10.1. The van der Waals surface area contributed by atoms with Crippen LogP contribution in [0.3, 0.4) is 0 Å². The quantitative estimate of drug-likeness (QED) is 0.418. The van der Waals surface area contributed by atoms with Crippen LogP contribution in [0.4, 0.5) is 15.8 Å². The van der Waals surface area contributed by atoms with Crippen molar-refractivity contribution in [2.45, 2.75) is 0 Å². The molecule has 0 saturated heterocycles. The summed E-state index contributed by atoms with van der Waals surface area (Å²) in [4.78, 5) is 41.2. The number of hydrogen-bond acceptors (Lipinski definition) is 3. The Labute approximate surface area is 187 Å². The van der Waals surface area contributed by atoms with Crippen LogP contribution in [0.2, 0.25) is 0 Å². The van der Waals surface area contributed by atoms with Crippen LogP contribution in [-0.2, 0) is 4.79 Å². The molecule has 3 N–H and O–H groups in total. The minimum atomic E-state index is -0.594. The molecule has 1 aliphatic rings. The van der Waals surface area contributed by atoms with E-state index in [9.17, 15) is 18.8 Å². The lowest BCUT2D eigenvalue weighted by atomic mass is 10.0. The molecule has 0 bridgehead atoms. The fourth-order valence-corrected chi connectivity index (χ4v) is 3.67. The fourth-order valence-electron chi connectivity index (χ4n) is 3.67. The van der Waals surface area contributed by atoms with Crippen molar-refractivity contribution in [1.29, 1.82) is 0 Å². The smallest absolute Gasteiger partial charge is 0.267 e.